The summed E-state index contributed by atoms with van der Waals surface area (Å²) in [6, 6.07) is -0.804. The van der Waals surface area contributed by atoms with E-state index in [2.05, 4.69) is 10.6 Å². The van der Waals surface area contributed by atoms with Crippen molar-refractivity contribution < 1.29 is 9.59 Å². The van der Waals surface area contributed by atoms with Gasteiger partial charge in [0, 0.05) is 13.1 Å². The summed E-state index contributed by atoms with van der Waals surface area (Å²) in [5, 5.41) is 5.62. The lowest BCUT2D eigenvalue weighted by molar-refractivity contribution is -0.123. The van der Waals surface area contributed by atoms with Crippen molar-refractivity contribution in [2.75, 3.05) is 13.1 Å². The number of piperazine rings is 1. The highest BCUT2D eigenvalue weighted by atomic mass is 16.2. The molecular weight excluding hydrogens is 160 g/mol. The number of primary amides is 2. The van der Waals surface area contributed by atoms with Crippen LogP contribution in [-0.2, 0) is 9.59 Å². The topological polar surface area (TPSA) is 110 Å². The van der Waals surface area contributed by atoms with E-state index in [9.17, 15) is 9.59 Å². The van der Waals surface area contributed by atoms with Crippen LogP contribution in [0, 0.1) is 0 Å². The number of rotatable bonds is 2. The maximum Gasteiger partial charge on any atom is 0.235 e. The maximum atomic E-state index is 10.6. The zero-order chi connectivity index (χ0) is 9.14. The van der Waals surface area contributed by atoms with Crippen LogP contribution in [0.2, 0.25) is 0 Å². The van der Waals surface area contributed by atoms with Crippen LogP contribution in [0.1, 0.15) is 0 Å². The predicted molar refractivity (Wildman–Crippen MR) is 42.0 cm³/mol. The molecule has 1 aliphatic heterocycles. The van der Waals surface area contributed by atoms with Crippen LogP contribution in [0.5, 0.6) is 0 Å². The van der Waals surface area contributed by atoms with E-state index in [0.29, 0.717) is 13.1 Å². The van der Waals surface area contributed by atoms with Crippen LogP contribution in [0.4, 0.5) is 0 Å². The molecule has 0 spiro atoms. The smallest absolute Gasteiger partial charge is 0.235 e. The fourth-order valence-electron chi connectivity index (χ4n) is 1.07. The monoisotopic (exact) mass is 172 g/mol. The number of nitrogens with two attached hydrogens (primary N) is 2. The Balaban J connectivity index is 2.39. The first-order chi connectivity index (χ1) is 5.61. The summed E-state index contributed by atoms with van der Waals surface area (Å²) >= 11 is 0. The minimum atomic E-state index is -0.426. The third-order valence-corrected chi connectivity index (χ3v) is 1.82. The van der Waals surface area contributed by atoms with Crippen molar-refractivity contribution in [2.24, 2.45) is 11.5 Å². The zero-order valence-corrected chi connectivity index (χ0v) is 6.54. The van der Waals surface area contributed by atoms with Crippen molar-refractivity contribution >= 4 is 11.8 Å². The van der Waals surface area contributed by atoms with Gasteiger partial charge in [0.2, 0.25) is 11.8 Å². The van der Waals surface area contributed by atoms with Crippen LogP contribution >= 0.6 is 0 Å². The van der Waals surface area contributed by atoms with E-state index in [1.807, 2.05) is 0 Å². The predicted octanol–water partition coefficient (Wildman–Crippen LogP) is -3.11. The van der Waals surface area contributed by atoms with Gasteiger partial charge in [0.05, 0.1) is 12.1 Å². The Labute approximate surface area is 69.7 Å². The largest absolute Gasteiger partial charge is 0.368 e. The lowest BCUT2D eigenvalue weighted by Crippen LogP contribution is -2.62. The molecule has 2 atom stereocenters. The van der Waals surface area contributed by atoms with Gasteiger partial charge in [0.1, 0.15) is 0 Å². The van der Waals surface area contributed by atoms with E-state index in [0.717, 1.165) is 0 Å². The number of hydrogen-bond acceptors (Lipinski definition) is 4. The second kappa shape index (κ2) is 3.51. The average molecular weight is 172 g/mol. The van der Waals surface area contributed by atoms with Crippen molar-refractivity contribution in [3.8, 4) is 0 Å². The van der Waals surface area contributed by atoms with Crippen LogP contribution in [0.25, 0.3) is 0 Å². The summed E-state index contributed by atoms with van der Waals surface area (Å²) in [5.74, 6) is -0.851. The zero-order valence-electron chi connectivity index (χ0n) is 6.54. The van der Waals surface area contributed by atoms with Crippen LogP contribution < -0.4 is 22.1 Å². The second-order valence-corrected chi connectivity index (χ2v) is 2.73. The normalized spacial score (nSPS) is 29.7. The van der Waals surface area contributed by atoms with Gasteiger partial charge in [-0.15, -0.1) is 0 Å². The first-order valence-corrected chi connectivity index (χ1v) is 3.66. The molecule has 68 valence electrons. The van der Waals surface area contributed by atoms with Gasteiger partial charge in [-0.05, 0) is 0 Å². The Morgan fingerprint density at radius 3 is 1.50 bits per heavy atom. The summed E-state index contributed by atoms with van der Waals surface area (Å²) in [5.41, 5.74) is 10.1. The molecule has 6 N–H and O–H groups in total. The number of amides is 2. The lowest BCUT2D eigenvalue weighted by Gasteiger charge is -2.27. The van der Waals surface area contributed by atoms with Crippen LogP contribution in [-0.4, -0.2) is 37.0 Å². The van der Waals surface area contributed by atoms with E-state index in [1.165, 1.54) is 0 Å². The maximum absolute atomic E-state index is 10.6. The Hall–Kier alpha value is -1.14. The molecule has 0 saturated carbocycles. The second-order valence-electron chi connectivity index (χ2n) is 2.73. The summed E-state index contributed by atoms with van der Waals surface area (Å²) < 4.78 is 0. The molecule has 0 aliphatic carbocycles. The van der Waals surface area contributed by atoms with Crippen molar-refractivity contribution in [3.05, 3.63) is 0 Å². The average Bonchev–Trinajstić information content (AvgIpc) is 2.04. The van der Waals surface area contributed by atoms with Gasteiger partial charge in [0.25, 0.3) is 0 Å². The molecule has 0 unspecified atom stereocenters. The third kappa shape index (κ3) is 1.93. The van der Waals surface area contributed by atoms with Crippen molar-refractivity contribution in [1.29, 1.82) is 0 Å². The summed E-state index contributed by atoms with van der Waals surface area (Å²) in [6.07, 6.45) is 0. The third-order valence-electron chi connectivity index (χ3n) is 1.82. The van der Waals surface area contributed by atoms with E-state index in [1.54, 1.807) is 0 Å². The van der Waals surface area contributed by atoms with Gasteiger partial charge in [-0.2, -0.15) is 0 Å². The van der Waals surface area contributed by atoms with Crippen molar-refractivity contribution in [3.63, 3.8) is 0 Å². The van der Waals surface area contributed by atoms with Gasteiger partial charge in [0.15, 0.2) is 0 Å². The van der Waals surface area contributed by atoms with E-state index in [-0.39, 0.29) is 0 Å². The van der Waals surface area contributed by atoms with E-state index >= 15 is 0 Å². The molecule has 1 aliphatic rings. The van der Waals surface area contributed by atoms with Gasteiger partial charge in [-0.25, -0.2) is 0 Å². The minimum Gasteiger partial charge on any atom is -0.368 e. The highest BCUT2D eigenvalue weighted by Gasteiger charge is 2.25. The van der Waals surface area contributed by atoms with E-state index < -0.39 is 23.9 Å². The highest BCUT2D eigenvalue weighted by molar-refractivity contribution is 5.83. The Bertz CT molecular complexity index is 176. The summed E-state index contributed by atoms with van der Waals surface area (Å²) in [7, 11) is 0. The Kier molecular flexibility index (Phi) is 2.61. The number of nitrogens with one attached hydrogen (secondary N) is 2. The number of carbonyl (C=O) groups is 2. The molecule has 0 aromatic rings. The van der Waals surface area contributed by atoms with Gasteiger partial charge < -0.3 is 22.1 Å². The van der Waals surface area contributed by atoms with Crippen molar-refractivity contribution in [1.82, 2.24) is 10.6 Å². The van der Waals surface area contributed by atoms with Gasteiger partial charge in [-0.1, -0.05) is 0 Å². The first kappa shape index (κ1) is 8.95. The fourth-order valence-corrected chi connectivity index (χ4v) is 1.07. The molecule has 12 heavy (non-hydrogen) atoms. The standard InChI is InChI=1S/C6H12N4O2/c7-5(11)3-1-9-4(2-10-3)6(8)12/h3-4,9-10H,1-2H2,(H2,7,11)(H2,8,12)/t3-,4-/m0/s1. The van der Waals surface area contributed by atoms with Gasteiger partial charge in [-0.3, -0.25) is 9.59 Å². The Morgan fingerprint density at radius 2 is 1.33 bits per heavy atom. The van der Waals surface area contributed by atoms with Crippen LogP contribution in [0.3, 0.4) is 0 Å². The molecule has 1 fully saturated rings. The first-order valence-electron chi connectivity index (χ1n) is 3.66. The molecular formula is C6H12N4O2. The SMILES string of the molecule is NC(=O)[C@@H]1CN[C@H](C(N)=O)CN1. The molecule has 6 heteroatoms. The molecule has 1 rings (SSSR count). The number of carbonyl (C=O) groups excluding carboxylic acids is 2. The highest BCUT2D eigenvalue weighted by Crippen LogP contribution is 1.91. The molecule has 0 bridgehead atoms. The van der Waals surface area contributed by atoms with E-state index in [4.69, 9.17) is 11.5 Å². The quantitative estimate of drug-likeness (QED) is 0.353. The lowest BCUT2D eigenvalue weighted by atomic mass is 10.1. The molecule has 0 aromatic heterocycles. The molecule has 1 saturated heterocycles. The van der Waals surface area contributed by atoms with Crippen molar-refractivity contribution in [2.45, 2.75) is 12.1 Å². The summed E-state index contributed by atoms with van der Waals surface area (Å²) in [4.78, 5) is 21.3. The molecule has 0 radical (unpaired) electrons. The van der Waals surface area contributed by atoms with Crippen LogP contribution in [0.15, 0.2) is 0 Å². The Morgan fingerprint density at radius 1 is 1.00 bits per heavy atom. The molecule has 2 amide bonds. The van der Waals surface area contributed by atoms with Gasteiger partial charge >= 0.3 is 0 Å². The minimum absolute atomic E-state index is 0.350. The molecule has 6 nitrogen and oxygen atoms in total. The summed E-state index contributed by atoms with van der Waals surface area (Å²) in [6.45, 7) is 0.700. The fraction of sp³-hybridized carbons (Fsp3) is 0.667. The number of hydrogen-bond donors (Lipinski definition) is 4. The molecule has 0 aromatic carbocycles. The molecule has 1 heterocycles.